The van der Waals surface area contributed by atoms with Gasteiger partial charge in [-0.1, -0.05) is 47.6 Å². The first-order chi connectivity index (χ1) is 16.3. The van der Waals surface area contributed by atoms with Crippen molar-refractivity contribution >= 4 is 35.1 Å². The second kappa shape index (κ2) is 10.1. The van der Waals surface area contributed by atoms with Gasteiger partial charge in [0.25, 0.3) is 0 Å². The predicted molar refractivity (Wildman–Crippen MR) is 135 cm³/mol. The number of carbonyl (C=O) groups excluding carboxylic acids is 1. The van der Waals surface area contributed by atoms with E-state index in [1.165, 1.54) is 11.8 Å². The van der Waals surface area contributed by atoms with Gasteiger partial charge in [-0.15, -0.1) is 5.10 Å². The number of anilines is 1. The molecule has 0 amide bonds. The van der Waals surface area contributed by atoms with Crippen LogP contribution in [0.5, 0.6) is 11.5 Å². The summed E-state index contributed by atoms with van der Waals surface area (Å²) in [7, 11) is 1.60. The monoisotopic (exact) mass is 498 g/mol. The van der Waals surface area contributed by atoms with Crippen LogP contribution < -0.4 is 14.8 Å². The van der Waals surface area contributed by atoms with Gasteiger partial charge in [0.1, 0.15) is 6.04 Å². The normalized spacial score (nSPS) is 15.2. The van der Waals surface area contributed by atoms with Gasteiger partial charge in [0.05, 0.1) is 13.2 Å². The third-order valence-corrected chi connectivity index (χ3v) is 6.65. The van der Waals surface area contributed by atoms with E-state index >= 15 is 0 Å². The minimum absolute atomic E-state index is 0.00757. The molecule has 3 aromatic rings. The Bertz CT molecular complexity index is 1250. The number of carbonyl (C=O) groups is 1. The molecular formula is C25H27ClN4O3S. The van der Waals surface area contributed by atoms with Crippen LogP contribution in [-0.4, -0.2) is 33.8 Å². The number of hydrogen-bond acceptors (Lipinski definition) is 7. The van der Waals surface area contributed by atoms with Crippen LogP contribution in [0.1, 0.15) is 44.9 Å². The highest BCUT2D eigenvalue weighted by Crippen LogP contribution is 2.40. The summed E-state index contributed by atoms with van der Waals surface area (Å²) < 4.78 is 13.2. The molecule has 1 atom stereocenters. The second-order valence-electron chi connectivity index (χ2n) is 8.24. The van der Waals surface area contributed by atoms with Crippen LogP contribution in [-0.2, 0) is 10.5 Å². The lowest BCUT2D eigenvalue weighted by Gasteiger charge is -2.28. The van der Waals surface area contributed by atoms with Crippen molar-refractivity contribution in [2.45, 2.75) is 50.8 Å². The van der Waals surface area contributed by atoms with Crippen LogP contribution in [0.25, 0.3) is 0 Å². The summed E-state index contributed by atoms with van der Waals surface area (Å²) in [5.74, 6) is 2.42. The lowest BCUT2D eigenvalue weighted by molar-refractivity contribution is -0.114. The number of Topliss-reactive ketones (excluding diaryl/α,β-unsaturated/α-hetero) is 1. The molecule has 0 bridgehead atoms. The summed E-state index contributed by atoms with van der Waals surface area (Å²) >= 11 is 7.79. The molecular weight excluding hydrogens is 472 g/mol. The first-order valence-electron chi connectivity index (χ1n) is 10.9. The van der Waals surface area contributed by atoms with E-state index in [1.807, 2.05) is 63.2 Å². The number of nitrogens with zero attached hydrogens (tertiary/aromatic N) is 3. The maximum atomic E-state index is 12.7. The molecule has 1 unspecified atom stereocenters. The van der Waals surface area contributed by atoms with Crippen LogP contribution in [0.2, 0.25) is 5.02 Å². The highest BCUT2D eigenvalue weighted by molar-refractivity contribution is 7.98. The van der Waals surface area contributed by atoms with E-state index in [9.17, 15) is 4.79 Å². The Hall–Kier alpha value is -2.97. The molecule has 4 rings (SSSR count). The van der Waals surface area contributed by atoms with Crippen molar-refractivity contribution in [2.75, 3.05) is 12.4 Å². The van der Waals surface area contributed by atoms with Crippen LogP contribution in [0, 0.1) is 0 Å². The van der Waals surface area contributed by atoms with Crippen molar-refractivity contribution in [2.24, 2.45) is 0 Å². The summed E-state index contributed by atoms with van der Waals surface area (Å²) in [6, 6.07) is 13.0. The van der Waals surface area contributed by atoms with Crippen LogP contribution in [0.3, 0.4) is 0 Å². The van der Waals surface area contributed by atoms with E-state index in [0.29, 0.717) is 39.0 Å². The third kappa shape index (κ3) is 4.93. The van der Waals surface area contributed by atoms with Gasteiger partial charge in [-0.3, -0.25) is 4.79 Å². The molecule has 1 aromatic heterocycles. The van der Waals surface area contributed by atoms with Crippen molar-refractivity contribution in [3.05, 3.63) is 69.9 Å². The van der Waals surface area contributed by atoms with Gasteiger partial charge in [0.2, 0.25) is 11.1 Å². The van der Waals surface area contributed by atoms with Gasteiger partial charge in [-0.25, -0.2) is 4.68 Å². The molecule has 178 valence electrons. The van der Waals surface area contributed by atoms with E-state index in [4.69, 9.17) is 26.2 Å². The number of methoxy groups -OCH3 is 1. The lowest BCUT2D eigenvalue weighted by Crippen LogP contribution is -2.27. The smallest absolute Gasteiger partial charge is 0.227 e. The van der Waals surface area contributed by atoms with Crippen molar-refractivity contribution in [1.29, 1.82) is 0 Å². The highest BCUT2D eigenvalue weighted by atomic mass is 35.5. The molecule has 0 saturated heterocycles. The largest absolute Gasteiger partial charge is 0.493 e. The average Bonchev–Trinajstić information content (AvgIpc) is 3.19. The minimum atomic E-state index is -0.446. The molecule has 2 aromatic carbocycles. The highest BCUT2D eigenvalue weighted by Gasteiger charge is 2.33. The van der Waals surface area contributed by atoms with Crippen LogP contribution >= 0.6 is 23.4 Å². The third-order valence-electron chi connectivity index (χ3n) is 5.39. The molecule has 7 nitrogen and oxygen atoms in total. The number of rotatable bonds is 8. The second-order valence-corrected chi connectivity index (χ2v) is 9.59. The fourth-order valence-corrected chi connectivity index (χ4v) is 5.04. The number of ketones is 1. The summed E-state index contributed by atoms with van der Waals surface area (Å²) in [6.45, 7) is 7.37. The SMILES string of the molecule is COc1cc(C2C(C(C)=O)=C(C)Nc3nc(SCc4ccccc4Cl)nn32)ccc1OC(C)C. The predicted octanol–water partition coefficient (Wildman–Crippen LogP) is 5.90. The van der Waals surface area contributed by atoms with Gasteiger partial charge in [-0.05, 0) is 57.0 Å². The number of ether oxygens (including phenoxy) is 2. The molecule has 0 fully saturated rings. The Kier molecular flexibility index (Phi) is 7.19. The van der Waals surface area contributed by atoms with Gasteiger partial charge in [-0.2, -0.15) is 4.98 Å². The number of hydrogen-bond donors (Lipinski definition) is 1. The Balaban J connectivity index is 1.72. The maximum Gasteiger partial charge on any atom is 0.227 e. The number of fused-ring (bicyclic) bond motifs is 1. The fraction of sp³-hybridized carbons (Fsp3) is 0.320. The molecule has 0 spiro atoms. The zero-order valence-corrected chi connectivity index (χ0v) is 21.3. The lowest BCUT2D eigenvalue weighted by atomic mass is 9.93. The van der Waals surface area contributed by atoms with Gasteiger partial charge in [0.15, 0.2) is 17.3 Å². The number of halogens is 1. The number of nitrogens with one attached hydrogen (secondary N) is 1. The summed E-state index contributed by atoms with van der Waals surface area (Å²) in [6.07, 6.45) is 0.00757. The Morgan fingerprint density at radius 1 is 1.24 bits per heavy atom. The van der Waals surface area contributed by atoms with E-state index in [0.717, 1.165) is 16.8 Å². The standard InChI is InChI=1S/C25H27ClN4O3S/c1-14(2)33-20-11-10-17(12-21(20)32-5)23-22(16(4)31)15(3)27-24-28-25(29-30(23)24)34-13-18-8-6-7-9-19(18)26/h6-12,14,23H,13H2,1-5H3,(H,27,28,29). The number of thioether (sulfide) groups is 1. The molecule has 1 aliphatic rings. The van der Waals surface area contributed by atoms with Crippen LogP contribution in [0.4, 0.5) is 5.95 Å². The van der Waals surface area contributed by atoms with Gasteiger partial charge >= 0.3 is 0 Å². The summed E-state index contributed by atoms with van der Waals surface area (Å²) in [5, 5.41) is 9.30. The summed E-state index contributed by atoms with van der Waals surface area (Å²) in [4.78, 5) is 17.4. The van der Waals surface area contributed by atoms with Crippen molar-refractivity contribution in [1.82, 2.24) is 14.8 Å². The number of allylic oxidation sites excluding steroid dienone is 2. The Labute approximate surface area is 208 Å². The van der Waals surface area contributed by atoms with E-state index < -0.39 is 6.04 Å². The molecule has 34 heavy (non-hydrogen) atoms. The summed E-state index contributed by atoms with van der Waals surface area (Å²) in [5.41, 5.74) is 3.24. The Morgan fingerprint density at radius 3 is 2.68 bits per heavy atom. The number of benzene rings is 2. The first kappa shape index (κ1) is 24.2. The number of aromatic nitrogens is 3. The quantitative estimate of drug-likeness (QED) is 0.387. The topological polar surface area (TPSA) is 78.3 Å². The average molecular weight is 499 g/mol. The molecule has 9 heteroatoms. The van der Waals surface area contributed by atoms with E-state index in [-0.39, 0.29) is 11.9 Å². The molecule has 0 saturated carbocycles. The fourth-order valence-electron chi connectivity index (χ4n) is 3.92. The van der Waals surface area contributed by atoms with E-state index in [2.05, 4.69) is 10.3 Å². The maximum absolute atomic E-state index is 12.7. The van der Waals surface area contributed by atoms with Crippen molar-refractivity contribution in [3.8, 4) is 11.5 Å². The molecule has 0 radical (unpaired) electrons. The van der Waals surface area contributed by atoms with Crippen molar-refractivity contribution < 1.29 is 14.3 Å². The molecule has 1 aliphatic heterocycles. The zero-order valence-electron chi connectivity index (χ0n) is 19.8. The minimum Gasteiger partial charge on any atom is -0.493 e. The van der Waals surface area contributed by atoms with E-state index in [1.54, 1.807) is 18.7 Å². The molecule has 2 heterocycles. The van der Waals surface area contributed by atoms with Gasteiger partial charge < -0.3 is 14.8 Å². The molecule has 0 aliphatic carbocycles. The van der Waals surface area contributed by atoms with Gasteiger partial charge in [0, 0.05) is 22.0 Å². The van der Waals surface area contributed by atoms with Crippen LogP contribution in [0.15, 0.2) is 58.9 Å². The molecule has 1 N–H and O–H groups in total. The first-order valence-corrected chi connectivity index (χ1v) is 12.3. The Morgan fingerprint density at radius 2 is 2.00 bits per heavy atom. The van der Waals surface area contributed by atoms with Crippen molar-refractivity contribution in [3.63, 3.8) is 0 Å². The zero-order chi connectivity index (χ0) is 24.4.